The van der Waals surface area contributed by atoms with E-state index in [9.17, 15) is 9.18 Å². The minimum absolute atomic E-state index is 0.00543. The standard InChI is InChI=1S/C15H20FNO3/c16-12-4-6-14(7-5-12)20-11-8-15(19)17(9-10-18)13-2-1-3-13/h4-7,13,18H,1-3,8-11H2. The van der Waals surface area contributed by atoms with Gasteiger partial charge in [0.25, 0.3) is 0 Å². The van der Waals surface area contributed by atoms with E-state index in [0.717, 1.165) is 19.3 Å². The molecule has 5 heteroatoms. The molecule has 1 N–H and O–H groups in total. The Hall–Kier alpha value is -1.62. The van der Waals surface area contributed by atoms with Crippen molar-refractivity contribution in [2.75, 3.05) is 19.8 Å². The third kappa shape index (κ3) is 3.93. The monoisotopic (exact) mass is 281 g/mol. The lowest BCUT2D eigenvalue weighted by Gasteiger charge is -2.37. The lowest BCUT2D eigenvalue weighted by molar-refractivity contribution is -0.136. The summed E-state index contributed by atoms with van der Waals surface area (Å²) in [4.78, 5) is 13.8. The molecule has 110 valence electrons. The van der Waals surface area contributed by atoms with Gasteiger partial charge in [-0.3, -0.25) is 4.79 Å². The number of carbonyl (C=O) groups excluding carboxylic acids is 1. The zero-order chi connectivity index (χ0) is 14.4. The summed E-state index contributed by atoms with van der Waals surface area (Å²) in [7, 11) is 0. The quantitative estimate of drug-likeness (QED) is 0.831. The number of ether oxygens (including phenoxy) is 1. The van der Waals surface area contributed by atoms with Gasteiger partial charge in [0.05, 0.1) is 19.6 Å². The van der Waals surface area contributed by atoms with Crippen LogP contribution in [0.5, 0.6) is 5.75 Å². The van der Waals surface area contributed by atoms with Crippen LogP contribution in [0.1, 0.15) is 25.7 Å². The molecule has 0 heterocycles. The van der Waals surface area contributed by atoms with Crippen LogP contribution in [-0.2, 0) is 4.79 Å². The fourth-order valence-electron chi connectivity index (χ4n) is 2.25. The van der Waals surface area contributed by atoms with Gasteiger partial charge >= 0.3 is 0 Å². The highest BCUT2D eigenvalue weighted by Gasteiger charge is 2.27. The van der Waals surface area contributed by atoms with Crippen molar-refractivity contribution in [1.29, 1.82) is 0 Å². The Morgan fingerprint density at radius 3 is 2.60 bits per heavy atom. The van der Waals surface area contributed by atoms with Crippen LogP contribution in [0.15, 0.2) is 24.3 Å². The van der Waals surface area contributed by atoms with Crippen LogP contribution < -0.4 is 4.74 Å². The van der Waals surface area contributed by atoms with Gasteiger partial charge < -0.3 is 14.7 Å². The van der Waals surface area contributed by atoms with Crippen LogP contribution in [-0.4, -0.2) is 41.7 Å². The minimum atomic E-state index is -0.312. The predicted octanol–water partition coefficient (Wildman–Crippen LogP) is 1.97. The van der Waals surface area contributed by atoms with E-state index in [-0.39, 0.29) is 37.4 Å². The number of aliphatic hydroxyl groups is 1. The Bertz CT molecular complexity index is 431. The number of hydrogen-bond acceptors (Lipinski definition) is 3. The number of hydrogen-bond donors (Lipinski definition) is 1. The molecule has 0 unspecified atom stereocenters. The van der Waals surface area contributed by atoms with Gasteiger partial charge in [-0.2, -0.15) is 0 Å². The second-order valence-electron chi connectivity index (χ2n) is 4.95. The number of amides is 1. The van der Waals surface area contributed by atoms with E-state index >= 15 is 0 Å². The second-order valence-corrected chi connectivity index (χ2v) is 4.95. The largest absolute Gasteiger partial charge is 0.493 e. The maximum atomic E-state index is 12.7. The van der Waals surface area contributed by atoms with E-state index in [1.165, 1.54) is 24.3 Å². The van der Waals surface area contributed by atoms with Gasteiger partial charge in [-0.15, -0.1) is 0 Å². The lowest BCUT2D eigenvalue weighted by Crippen LogP contribution is -2.46. The van der Waals surface area contributed by atoms with Crippen LogP contribution in [0.4, 0.5) is 4.39 Å². The first-order valence-electron chi connectivity index (χ1n) is 6.99. The molecule has 0 aromatic heterocycles. The van der Waals surface area contributed by atoms with Crippen molar-refractivity contribution in [3.63, 3.8) is 0 Å². The van der Waals surface area contributed by atoms with Crippen molar-refractivity contribution in [2.24, 2.45) is 0 Å². The molecular weight excluding hydrogens is 261 g/mol. The summed E-state index contributed by atoms with van der Waals surface area (Å²) in [6.07, 6.45) is 3.45. The summed E-state index contributed by atoms with van der Waals surface area (Å²) in [5, 5.41) is 9.02. The van der Waals surface area contributed by atoms with E-state index < -0.39 is 0 Å². The van der Waals surface area contributed by atoms with Gasteiger partial charge in [0.1, 0.15) is 11.6 Å². The van der Waals surface area contributed by atoms with Crippen LogP contribution >= 0.6 is 0 Å². The molecule has 1 amide bonds. The van der Waals surface area contributed by atoms with Crippen molar-refractivity contribution in [2.45, 2.75) is 31.7 Å². The zero-order valence-electron chi connectivity index (χ0n) is 11.4. The maximum Gasteiger partial charge on any atom is 0.226 e. The SMILES string of the molecule is O=C(CCOc1ccc(F)cc1)N(CCO)C1CCC1. The molecule has 4 nitrogen and oxygen atoms in total. The molecule has 1 aliphatic carbocycles. The van der Waals surface area contributed by atoms with Gasteiger partial charge in [0, 0.05) is 12.6 Å². The fraction of sp³-hybridized carbons (Fsp3) is 0.533. The molecule has 1 aromatic rings. The molecule has 2 rings (SSSR count). The smallest absolute Gasteiger partial charge is 0.226 e. The van der Waals surface area contributed by atoms with Crippen molar-refractivity contribution >= 4 is 5.91 Å². The predicted molar refractivity (Wildman–Crippen MR) is 72.9 cm³/mol. The fourth-order valence-corrected chi connectivity index (χ4v) is 2.25. The summed E-state index contributed by atoms with van der Waals surface area (Å²) in [6.45, 7) is 0.639. The molecule has 1 aliphatic rings. The van der Waals surface area contributed by atoms with E-state index in [0.29, 0.717) is 12.3 Å². The van der Waals surface area contributed by atoms with Gasteiger partial charge in [-0.1, -0.05) is 0 Å². The molecule has 20 heavy (non-hydrogen) atoms. The Kier molecular flexibility index (Phi) is 5.35. The molecule has 0 saturated heterocycles. The number of halogens is 1. The van der Waals surface area contributed by atoms with Crippen LogP contribution in [0.3, 0.4) is 0 Å². The van der Waals surface area contributed by atoms with Crippen LogP contribution in [0.25, 0.3) is 0 Å². The average Bonchev–Trinajstić information content (AvgIpc) is 2.38. The summed E-state index contributed by atoms with van der Waals surface area (Å²) >= 11 is 0. The second kappa shape index (κ2) is 7.24. The first-order valence-corrected chi connectivity index (χ1v) is 6.99. The Balaban J connectivity index is 1.76. The average molecular weight is 281 g/mol. The molecule has 0 atom stereocenters. The molecule has 0 aliphatic heterocycles. The van der Waals surface area contributed by atoms with Crippen molar-refractivity contribution < 1.29 is 19.0 Å². The number of rotatable bonds is 7. The number of nitrogens with zero attached hydrogens (tertiary/aromatic N) is 1. The molecule has 0 bridgehead atoms. The van der Waals surface area contributed by atoms with Gasteiger partial charge in [-0.05, 0) is 43.5 Å². The summed E-state index contributed by atoms with van der Waals surface area (Å²) in [5.41, 5.74) is 0. The Labute approximate surface area is 118 Å². The van der Waals surface area contributed by atoms with E-state index in [4.69, 9.17) is 9.84 Å². The van der Waals surface area contributed by atoms with Gasteiger partial charge in [-0.25, -0.2) is 4.39 Å². The maximum absolute atomic E-state index is 12.7. The molecule has 1 fully saturated rings. The van der Waals surface area contributed by atoms with Crippen molar-refractivity contribution in [1.82, 2.24) is 4.90 Å². The molecular formula is C15H20FNO3. The highest BCUT2D eigenvalue weighted by molar-refractivity contribution is 5.76. The number of carbonyl (C=O) groups is 1. The summed E-state index contributed by atoms with van der Waals surface area (Å²) in [6, 6.07) is 6.00. The molecule has 1 saturated carbocycles. The van der Waals surface area contributed by atoms with Gasteiger partial charge in [0.2, 0.25) is 5.91 Å². The highest BCUT2D eigenvalue weighted by atomic mass is 19.1. The van der Waals surface area contributed by atoms with Crippen molar-refractivity contribution in [3.05, 3.63) is 30.1 Å². The minimum Gasteiger partial charge on any atom is -0.493 e. The Morgan fingerprint density at radius 2 is 2.05 bits per heavy atom. The van der Waals surface area contributed by atoms with Crippen molar-refractivity contribution in [3.8, 4) is 5.75 Å². The van der Waals surface area contributed by atoms with E-state index in [1.807, 2.05) is 0 Å². The third-order valence-electron chi connectivity index (χ3n) is 3.58. The lowest BCUT2D eigenvalue weighted by atomic mass is 9.91. The molecule has 1 aromatic carbocycles. The summed E-state index contributed by atoms with van der Waals surface area (Å²) < 4.78 is 18.1. The summed E-state index contributed by atoms with van der Waals surface area (Å²) in [5.74, 6) is 0.245. The molecule has 0 radical (unpaired) electrons. The first kappa shape index (κ1) is 14.8. The number of aliphatic hydroxyl groups excluding tert-OH is 1. The highest BCUT2D eigenvalue weighted by Crippen LogP contribution is 2.25. The van der Waals surface area contributed by atoms with Crippen LogP contribution in [0, 0.1) is 5.82 Å². The number of benzene rings is 1. The van der Waals surface area contributed by atoms with Crippen LogP contribution in [0.2, 0.25) is 0 Å². The van der Waals surface area contributed by atoms with E-state index in [1.54, 1.807) is 4.90 Å². The topological polar surface area (TPSA) is 49.8 Å². The zero-order valence-corrected chi connectivity index (χ0v) is 11.4. The van der Waals surface area contributed by atoms with Gasteiger partial charge in [0.15, 0.2) is 0 Å². The molecule has 0 spiro atoms. The Morgan fingerprint density at radius 1 is 1.35 bits per heavy atom. The van der Waals surface area contributed by atoms with E-state index in [2.05, 4.69) is 0 Å². The first-order chi connectivity index (χ1) is 9.70. The normalized spacial score (nSPS) is 14.7. The third-order valence-corrected chi connectivity index (χ3v) is 3.58.